The van der Waals surface area contributed by atoms with E-state index in [0.29, 0.717) is 43.3 Å². The van der Waals surface area contributed by atoms with Crippen molar-refractivity contribution in [2.75, 3.05) is 25.0 Å². The Hall–Kier alpha value is -4.01. The van der Waals surface area contributed by atoms with Crippen LogP contribution < -0.4 is 5.32 Å². The van der Waals surface area contributed by atoms with Gasteiger partial charge in [-0.15, -0.1) is 0 Å². The standard InChI is InChI=1S/C27H34N4O5/c1-4-6-16-30(27(34)28-22-13-11-21(12-14-22)26(33)35-5-2)20-25(32)31(19-24-10-8-17-36-24)18-23-9-7-15-29(23)3/h7-15,17H,4-6,16,18-20H2,1-3H3,(H,28,34). The molecule has 0 bridgehead atoms. The molecule has 0 aliphatic rings. The largest absolute Gasteiger partial charge is 0.467 e. The Morgan fingerprint density at radius 3 is 2.39 bits per heavy atom. The van der Waals surface area contributed by atoms with E-state index in [1.807, 2.05) is 42.9 Å². The van der Waals surface area contributed by atoms with Crippen LogP contribution in [0.1, 0.15) is 48.5 Å². The van der Waals surface area contributed by atoms with Crippen molar-refractivity contribution < 1.29 is 23.5 Å². The average molecular weight is 495 g/mol. The molecule has 0 fully saturated rings. The van der Waals surface area contributed by atoms with Crippen LogP contribution >= 0.6 is 0 Å². The van der Waals surface area contributed by atoms with Crippen LogP contribution in [-0.2, 0) is 29.7 Å². The van der Waals surface area contributed by atoms with Crippen LogP contribution in [0.3, 0.4) is 0 Å². The second kappa shape index (κ2) is 13.2. The normalized spacial score (nSPS) is 10.6. The van der Waals surface area contributed by atoms with E-state index >= 15 is 0 Å². The summed E-state index contributed by atoms with van der Waals surface area (Å²) in [5.74, 6) is 0.0701. The first kappa shape index (κ1) is 26.6. The molecule has 0 unspecified atom stereocenters. The number of hydrogen-bond donors (Lipinski definition) is 1. The molecule has 0 aliphatic heterocycles. The molecule has 1 N–H and O–H groups in total. The van der Waals surface area contributed by atoms with Gasteiger partial charge in [0.2, 0.25) is 5.91 Å². The van der Waals surface area contributed by atoms with Gasteiger partial charge in [0.1, 0.15) is 12.3 Å². The zero-order valence-electron chi connectivity index (χ0n) is 21.1. The van der Waals surface area contributed by atoms with E-state index in [1.165, 1.54) is 4.90 Å². The third-order valence-electron chi connectivity index (χ3n) is 5.73. The van der Waals surface area contributed by atoms with Crippen molar-refractivity contribution in [2.45, 2.75) is 39.8 Å². The third-order valence-corrected chi connectivity index (χ3v) is 5.73. The number of rotatable bonds is 12. The van der Waals surface area contributed by atoms with Crippen LogP contribution in [-0.4, -0.2) is 52.0 Å². The molecule has 1 aromatic carbocycles. The fraction of sp³-hybridized carbons (Fsp3) is 0.370. The lowest BCUT2D eigenvalue weighted by Gasteiger charge is -2.27. The van der Waals surface area contributed by atoms with Gasteiger partial charge in [-0.1, -0.05) is 13.3 Å². The second-order valence-electron chi connectivity index (χ2n) is 8.44. The molecule has 3 rings (SSSR count). The molecule has 9 nitrogen and oxygen atoms in total. The summed E-state index contributed by atoms with van der Waals surface area (Å²) in [6.07, 6.45) is 5.15. The summed E-state index contributed by atoms with van der Waals surface area (Å²) in [6.45, 7) is 5.13. The number of carbonyl (C=O) groups excluding carboxylic acids is 3. The van der Waals surface area contributed by atoms with Crippen molar-refractivity contribution in [3.8, 4) is 0 Å². The number of hydrogen-bond acceptors (Lipinski definition) is 5. The second-order valence-corrected chi connectivity index (χ2v) is 8.44. The number of nitrogens with one attached hydrogen (secondary N) is 1. The smallest absolute Gasteiger partial charge is 0.338 e. The minimum atomic E-state index is -0.416. The molecule has 0 radical (unpaired) electrons. The average Bonchev–Trinajstić information content (AvgIpc) is 3.53. The molecule has 9 heteroatoms. The van der Waals surface area contributed by atoms with Crippen molar-refractivity contribution >= 4 is 23.6 Å². The fourth-order valence-electron chi connectivity index (χ4n) is 3.65. The lowest BCUT2D eigenvalue weighted by molar-refractivity contribution is -0.133. The number of aromatic nitrogens is 1. The van der Waals surface area contributed by atoms with Gasteiger partial charge >= 0.3 is 12.0 Å². The SMILES string of the molecule is CCCCN(CC(=O)N(Cc1ccco1)Cc1cccn1C)C(=O)Nc1ccc(C(=O)OCC)cc1. The number of anilines is 1. The van der Waals surface area contributed by atoms with E-state index in [-0.39, 0.29) is 18.5 Å². The highest BCUT2D eigenvalue weighted by Gasteiger charge is 2.23. The molecule has 2 aromatic heterocycles. The lowest BCUT2D eigenvalue weighted by Crippen LogP contribution is -2.44. The zero-order valence-corrected chi connectivity index (χ0v) is 21.1. The molecule has 0 spiro atoms. The summed E-state index contributed by atoms with van der Waals surface area (Å²) in [5, 5.41) is 2.84. The molecule has 0 aliphatic carbocycles. The minimum Gasteiger partial charge on any atom is -0.467 e. The Morgan fingerprint density at radius 2 is 1.78 bits per heavy atom. The summed E-state index contributed by atoms with van der Waals surface area (Å²) < 4.78 is 12.4. The zero-order chi connectivity index (χ0) is 25.9. The molecule has 0 saturated carbocycles. The van der Waals surface area contributed by atoms with Crippen LogP contribution in [0.4, 0.5) is 10.5 Å². The van der Waals surface area contributed by atoms with E-state index in [4.69, 9.17) is 9.15 Å². The molecule has 3 aromatic rings. The number of urea groups is 1. The summed E-state index contributed by atoms with van der Waals surface area (Å²) in [6, 6.07) is 13.6. The molecule has 36 heavy (non-hydrogen) atoms. The summed E-state index contributed by atoms with van der Waals surface area (Å²) >= 11 is 0. The van der Waals surface area contributed by atoms with E-state index in [2.05, 4.69) is 5.32 Å². The Kier molecular flexibility index (Phi) is 9.73. The summed E-state index contributed by atoms with van der Waals surface area (Å²) in [4.78, 5) is 41.6. The lowest BCUT2D eigenvalue weighted by atomic mass is 10.2. The maximum absolute atomic E-state index is 13.4. The van der Waals surface area contributed by atoms with Gasteiger partial charge in [-0.05, 0) is 61.9 Å². The third kappa shape index (κ3) is 7.49. The number of aryl methyl sites for hydroxylation is 1. The highest BCUT2D eigenvalue weighted by Crippen LogP contribution is 2.14. The number of benzene rings is 1. The molecular weight excluding hydrogens is 460 g/mol. The van der Waals surface area contributed by atoms with Gasteiger partial charge in [-0.3, -0.25) is 4.79 Å². The van der Waals surface area contributed by atoms with Crippen molar-refractivity contribution in [2.24, 2.45) is 7.05 Å². The molecule has 0 atom stereocenters. The van der Waals surface area contributed by atoms with Crippen molar-refractivity contribution in [1.29, 1.82) is 0 Å². The minimum absolute atomic E-state index is 0.0716. The van der Waals surface area contributed by atoms with Gasteiger partial charge in [0.05, 0.1) is 31.5 Å². The van der Waals surface area contributed by atoms with Crippen molar-refractivity contribution in [3.05, 3.63) is 78.0 Å². The van der Waals surface area contributed by atoms with Crippen LogP contribution in [0.15, 0.2) is 65.4 Å². The Balaban J connectivity index is 1.71. The maximum atomic E-state index is 13.4. The fourth-order valence-corrected chi connectivity index (χ4v) is 3.65. The van der Waals surface area contributed by atoms with Gasteiger partial charge in [-0.2, -0.15) is 0 Å². The quantitative estimate of drug-likeness (QED) is 0.370. The predicted molar refractivity (Wildman–Crippen MR) is 136 cm³/mol. The molecule has 0 saturated heterocycles. The van der Waals surface area contributed by atoms with Gasteiger partial charge < -0.3 is 28.8 Å². The first-order valence-electron chi connectivity index (χ1n) is 12.1. The van der Waals surface area contributed by atoms with Crippen molar-refractivity contribution in [1.82, 2.24) is 14.4 Å². The number of esters is 1. The molecule has 192 valence electrons. The highest BCUT2D eigenvalue weighted by atomic mass is 16.5. The predicted octanol–water partition coefficient (Wildman–Crippen LogP) is 4.66. The Morgan fingerprint density at radius 1 is 1.00 bits per heavy atom. The molecule has 2 heterocycles. The summed E-state index contributed by atoms with van der Waals surface area (Å²) in [7, 11) is 1.93. The molecule has 3 amide bonds. The van der Waals surface area contributed by atoms with Crippen LogP contribution in [0.25, 0.3) is 0 Å². The Labute approximate surface area is 211 Å². The van der Waals surface area contributed by atoms with Gasteiger partial charge in [0.15, 0.2) is 0 Å². The topological polar surface area (TPSA) is 97.0 Å². The van der Waals surface area contributed by atoms with Gasteiger partial charge in [0, 0.05) is 31.2 Å². The van der Waals surface area contributed by atoms with E-state index in [1.54, 1.807) is 48.4 Å². The first-order chi connectivity index (χ1) is 17.4. The van der Waals surface area contributed by atoms with Crippen molar-refractivity contribution in [3.63, 3.8) is 0 Å². The monoisotopic (exact) mass is 494 g/mol. The number of furan rings is 1. The number of nitrogens with zero attached hydrogens (tertiary/aromatic N) is 3. The maximum Gasteiger partial charge on any atom is 0.338 e. The number of ether oxygens (including phenoxy) is 1. The number of unbranched alkanes of at least 4 members (excludes halogenated alkanes) is 1. The van der Waals surface area contributed by atoms with E-state index < -0.39 is 5.97 Å². The number of amides is 3. The van der Waals surface area contributed by atoms with Gasteiger partial charge in [0.25, 0.3) is 0 Å². The van der Waals surface area contributed by atoms with E-state index in [9.17, 15) is 14.4 Å². The Bertz CT molecular complexity index is 1120. The van der Waals surface area contributed by atoms with E-state index in [0.717, 1.165) is 18.5 Å². The summed E-state index contributed by atoms with van der Waals surface area (Å²) in [5.41, 5.74) is 1.90. The van der Waals surface area contributed by atoms with Gasteiger partial charge in [-0.25, -0.2) is 9.59 Å². The first-order valence-corrected chi connectivity index (χ1v) is 12.1. The highest BCUT2D eigenvalue weighted by molar-refractivity contribution is 5.94. The van der Waals surface area contributed by atoms with Crippen LogP contribution in [0, 0.1) is 0 Å². The van der Waals surface area contributed by atoms with Crippen LogP contribution in [0.5, 0.6) is 0 Å². The number of carbonyl (C=O) groups is 3. The van der Waals surface area contributed by atoms with Crippen LogP contribution in [0.2, 0.25) is 0 Å². The molecular formula is C27H34N4O5.